The monoisotopic (exact) mass is 401 g/mol. The van der Waals surface area contributed by atoms with Gasteiger partial charge < -0.3 is 10.8 Å². The second-order valence-electron chi connectivity index (χ2n) is 8.35. The number of nitrogens with two attached hydrogens (primary N) is 1. The van der Waals surface area contributed by atoms with Crippen molar-refractivity contribution in [3.05, 3.63) is 95.6 Å². The third-order valence-electron chi connectivity index (χ3n) is 5.55. The fourth-order valence-electron chi connectivity index (χ4n) is 3.46. The minimum absolute atomic E-state index is 0.0292. The highest BCUT2D eigenvalue weighted by Crippen LogP contribution is 2.20. The summed E-state index contributed by atoms with van der Waals surface area (Å²) in [5.41, 5.74) is 11.0. The second-order valence-corrected chi connectivity index (χ2v) is 8.35. The van der Waals surface area contributed by atoms with E-state index in [1.54, 1.807) is 0 Å². The van der Waals surface area contributed by atoms with Crippen molar-refractivity contribution >= 4 is 5.78 Å². The van der Waals surface area contributed by atoms with E-state index in [1.165, 1.54) is 16.7 Å². The molecule has 0 heterocycles. The van der Waals surface area contributed by atoms with E-state index in [0.29, 0.717) is 12.8 Å². The minimum Gasteiger partial charge on any atom is -0.394 e. The molecule has 156 valence electrons. The van der Waals surface area contributed by atoms with Crippen molar-refractivity contribution < 1.29 is 9.90 Å². The van der Waals surface area contributed by atoms with Gasteiger partial charge in [0, 0.05) is 17.5 Å². The first-order chi connectivity index (χ1) is 14.5. The van der Waals surface area contributed by atoms with Crippen molar-refractivity contribution in [3.63, 3.8) is 0 Å². The number of aliphatic hydroxyl groups is 1. The Bertz CT molecular complexity index is 929. The molecule has 3 rings (SSSR count). The summed E-state index contributed by atoms with van der Waals surface area (Å²) in [6.45, 7) is 1.82. The van der Waals surface area contributed by atoms with Gasteiger partial charge in [0.2, 0.25) is 0 Å². The molecule has 0 fully saturated rings. The van der Waals surface area contributed by atoms with E-state index in [-0.39, 0.29) is 12.4 Å². The highest BCUT2D eigenvalue weighted by molar-refractivity contribution is 5.96. The molecule has 3 nitrogen and oxygen atoms in total. The molecule has 0 aliphatic heterocycles. The van der Waals surface area contributed by atoms with Crippen molar-refractivity contribution in [3.8, 4) is 11.1 Å². The highest BCUT2D eigenvalue weighted by Gasteiger charge is 2.16. The van der Waals surface area contributed by atoms with Gasteiger partial charge in [-0.3, -0.25) is 4.79 Å². The predicted molar refractivity (Wildman–Crippen MR) is 124 cm³/mol. The SMILES string of the molecule is C[C@](N)(CO)CCc1ccc(C(=O)CCCc2ccc(-c3ccccc3)cc2)cc1. The number of rotatable bonds is 10. The van der Waals surface area contributed by atoms with Gasteiger partial charge in [-0.1, -0.05) is 78.9 Å². The third-order valence-corrected chi connectivity index (χ3v) is 5.55. The van der Waals surface area contributed by atoms with Crippen LogP contribution in [-0.4, -0.2) is 23.0 Å². The minimum atomic E-state index is -0.562. The molecule has 0 aromatic heterocycles. The van der Waals surface area contributed by atoms with Crippen LogP contribution in [0.4, 0.5) is 0 Å². The fraction of sp³-hybridized carbons (Fsp3) is 0.296. The Morgan fingerprint density at radius 2 is 1.40 bits per heavy atom. The van der Waals surface area contributed by atoms with Crippen LogP contribution in [0.2, 0.25) is 0 Å². The van der Waals surface area contributed by atoms with Crippen LogP contribution in [0.15, 0.2) is 78.9 Å². The summed E-state index contributed by atoms with van der Waals surface area (Å²) in [6.07, 6.45) is 3.79. The van der Waals surface area contributed by atoms with E-state index >= 15 is 0 Å². The molecule has 3 aromatic carbocycles. The Labute approximate surface area is 179 Å². The van der Waals surface area contributed by atoms with Gasteiger partial charge in [0.25, 0.3) is 0 Å². The predicted octanol–water partition coefficient (Wildman–Crippen LogP) is 5.20. The normalized spacial score (nSPS) is 13.0. The molecular formula is C27H31NO2. The van der Waals surface area contributed by atoms with Gasteiger partial charge in [0.1, 0.15) is 0 Å². The molecule has 0 aliphatic rings. The maximum Gasteiger partial charge on any atom is 0.162 e. The Morgan fingerprint density at radius 3 is 2.03 bits per heavy atom. The van der Waals surface area contributed by atoms with E-state index in [1.807, 2.05) is 49.4 Å². The summed E-state index contributed by atoms with van der Waals surface area (Å²) in [4.78, 5) is 12.5. The Balaban J connectivity index is 1.46. The van der Waals surface area contributed by atoms with Crippen molar-refractivity contribution in [1.82, 2.24) is 0 Å². The van der Waals surface area contributed by atoms with Gasteiger partial charge >= 0.3 is 0 Å². The number of aliphatic hydroxyl groups excluding tert-OH is 1. The molecule has 0 radical (unpaired) electrons. The van der Waals surface area contributed by atoms with Gasteiger partial charge in [-0.25, -0.2) is 0 Å². The van der Waals surface area contributed by atoms with E-state index in [2.05, 4.69) is 36.4 Å². The zero-order chi connectivity index (χ0) is 21.4. The topological polar surface area (TPSA) is 63.3 Å². The fourth-order valence-corrected chi connectivity index (χ4v) is 3.46. The van der Waals surface area contributed by atoms with Crippen LogP contribution in [0.1, 0.15) is 47.7 Å². The first-order valence-corrected chi connectivity index (χ1v) is 10.6. The van der Waals surface area contributed by atoms with Crippen LogP contribution in [0, 0.1) is 0 Å². The molecule has 0 bridgehead atoms. The molecular weight excluding hydrogens is 370 g/mol. The molecule has 0 spiro atoms. The van der Waals surface area contributed by atoms with E-state index in [9.17, 15) is 9.90 Å². The van der Waals surface area contributed by atoms with Crippen LogP contribution in [0.3, 0.4) is 0 Å². The smallest absolute Gasteiger partial charge is 0.162 e. The average Bonchev–Trinajstić information content (AvgIpc) is 2.79. The van der Waals surface area contributed by atoms with Gasteiger partial charge in [0.15, 0.2) is 5.78 Å². The summed E-state index contributed by atoms with van der Waals surface area (Å²) in [6, 6.07) is 26.7. The maximum absolute atomic E-state index is 12.5. The van der Waals surface area contributed by atoms with Crippen LogP contribution in [-0.2, 0) is 12.8 Å². The molecule has 30 heavy (non-hydrogen) atoms. The molecule has 0 saturated carbocycles. The van der Waals surface area contributed by atoms with Gasteiger partial charge in [-0.05, 0) is 54.9 Å². The average molecular weight is 402 g/mol. The highest BCUT2D eigenvalue weighted by atomic mass is 16.3. The van der Waals surface area contributed by atoms with Gasteiger partial charge in [-0.2, -0.15) is 0 Å². The van der Waals surface area contributed by atoms with E-state index in [4.69, 9.17) is 5.73 Å². The van der Waals surface area contributed by atoms with Crippen LogP contribution < -0.4 is 5.73 Å². The number of hydrogen-bond donors (Lipinski definition) is 2. The lowest BCUT2D eigenvalue weighted by atomic mass is 9.94. The number of aryl methyl sites for hydroxylation is 2. The van der Waals surface area contributed by atoms with Crippen molar-refractivity contribution in [2.24, 2.45) is 5.73 Å². The molecule has 3 N–H and O–H groups in total. The summed E-state index contributed by atoms with van der Waals surface area (Å²) in [5, 5.41) is 9.25. The Morgan fingerprint density at radius 1 is 0.833 bits per heavy atom. The first-order valence-electron chi connectivity index (χ1n) is 10.6. The summed E-state index contributed by atoms with van der Waals surface area (Å²) in [5.74, 6) is 0.182. The van der Waals surface area contributed by atoms with Gasteiger partial charge in [-0.15, -0.1) is 0 Å². The molecule has 0 amide bonds. The standard InChI is InChI=1S/C27H31NO2/c1-27(28,20-29)19-18-22-12-16-25(17-13-22)26(30)9-5-6-21-10-14-24(15-11-21)23-7-3-2-4-8-23/h2-4,7-8,10-17,29H,5-6,9,18-20,28H2,1H3/t27-/m1/s1. The maximum atomic E-state index is 12.5. The van der Waals surface area contributed by atoms with Crippen LogP contribution >= 0.6 is 0 Å². The second kappa shape index (κ2) is 10.3. The molecule has 3 aromatic rings. The lowest BCUT2D eigenvalue weighted by Crippen LogP contribution is -2.40. The summed E-state index contributed by atoms with van der Waals surface area (Å²) < 4.78 is 0. The Kier molecular flexibility index (Phi) is 7.56. The lowest BCUT2D eigenvalue weighted by Gasteiger charge is -2.21. The number of carbonyl (C=O) groups excluding carboxylic acids is 1. The van der Waals surface area contributed by atoms with Crippen molar-refractivity contribution in [1.29, 1.82) is 0 Å². The zero-order valence-corrected chi connectivity index (χ0v) is 17.7. The van der Waals surface area contributed by atoms with Crippen LogP contribution in [0.25, 0.3) is 11.1 Å². The van der Waals surface area contributed by atoms with Crippen LogP contribution in [0.5, 0.6) is 0 Å². The van der Waals surface area contributed by atoms with E-state index in [0.717, 1.165) is 30.4 Å². The number of Topliss-reactive ketones (excluding diaryl/α,β-unsaturated/α-hetero) is 1. The Hall–Kier alpha value is -2.75. The van der Waals surface area contributed by atoms with Gasteiger partial charge in [0.05, 0.1) is 6.61 Å². The third kappa shape index (κ3) is 6.38. The molecule has 0 aliphatic carbocycles. The zero-order valence-electron chi connectivity index (χ0n) is 17.7. The summed E-state index contributed by atoms with van der Waals surface area (Å²) in [7, 11) is 0. The number of benzene rings is 3. The molecule has 3 heteroatoms. The number of carbonyl (C=O) groups is 1. The van der Waals surface area contributed by atoms with Crippen molar-refractivity contribution in [2.75, 3.05) is 6.61 Å². The molecule has 0 unspecified atom stereocenters. The number of hydrogen-bond acceptors (Lipinski definition) is 3. The largest absolute Gasteiger partial charge is 0.394 e. The summed E-state index contributed by atoms with van der Waals surface area (Å²) >= 11 is 0. The lowest BCUT2D eigenvalue weighted by molar-refractivity contribution is 0.0980. The van der Waals surface area contributed by atoms with Crippen molar-refractivity contribution in [2.45, 2.75) is 44.6 Å². The number of ketones is 1. The van der Waals surface area contributed by atoms with E-state index < -0.39 is 5.54 Å². The molecule has 0 saturated heterocycles. The quantitative estimate of drug-likeness (QED) is 0.459. The molecule has 1 atom stereocenters. The first kappa shape index (κ1) is 21.9.